The highest BCUT2D eigenvalue weighted by molar-refractivity contribution is 5.70. The van der Waals surface area contributed by atoms with Crippen LogP contribution < -0.4 is 4.84 Å². The number of amides is 1. The molecule has 0 fully saturated rings. The van der Waals surface area contributed by atoms with Crippen molar-refractivity contribution in [2.24, 2.45) is 0 Å². The number of hydrogen-bond donors (Lipinski definition) is 0. The predicted molar refractivity (Wildman–Crippen MR) is 58.6 cm³/mol. The van der Waals surface area contributed by atoms with E-state index in [9.17, 15) is 10.0 Å². The van der Waals surface area contributed by atoms with Gasteiger partial charge in [-0.3, -0.25) is 4.98 Å². The molecule has 0 bridgehead atoms. The average Bonchev–Trinajstić information content (AvgIpc) is 2.64. The highest BCUT2D eigenvalue weighted by Gasteiger charge is 2.40. The summed E-state index contributed by atoms with van der Waals surface area (Å²) in [4.78, 5) is 19.7. The Labute approximate surface area is 98.9 Å². The van der Waals surface area contributed by atoms with Gasteiger partial charge in [0.2, 0.25) is 5.75 Å². The minimum Gasteiger partial charge on any atom is -0.581 e. The van der Waals surface area contributed by atoms with Gasteiger partial charge in [-0.25, -0.2) is 4.79 Å². The molecule has 1 aromatic rings. The first-order valence-electron chi connectivity index (χ1n) is 5.24. The summed E-state index contributed by atoms with van der Waals surface area (Å²) in [5.41, 5.74) is 2.24. The fraction of sp³-hybridized carbons (Fsp3) is 0.455. The molecule has 0 radical (unpaired) electrons. The summed E-state index contributed by atoms with van der Waals surface area (Å²) in [5.74, 6) is -0.183. The van der Waals surface area contributed by atoms with Gasteiger partial charge in [0.25, 0.3) is 0 Å². The second-order valence-corrected chi connectivity index (χ2v) is 4.07. The van der Waals surface area contributed by atoms with Gasteiger partial charge in [-0.05, 0) is 13.8 Å². The summed E-state index contributed by atoms with van der Waals surface area (Å²) in [5, 5.41) is 12.2. The molecule has 1 aliphatic heterocycles. The van der Waals surface area contributed by atoms with Gasteiger partial charge >= 0.3 is 5.91 Å². The zero-order valence-electron chi connectivity index (χ0n) is 10.0. The lowest BCUT2D eigenvalue weighted by Gasteiger charge is -2.30. The number of hydrogen-bond acceptors (Lipinski definition) is 5. The first-order valence-corrected chi connectivity index (χ1v) is 5.24. The summed E-state index contributed by atoms with van der Waals surface area (Å²) in [6.07, 6.45) is 1.58. The minimum atomic E-state index is -1.35. The maximum atomic E-state index is 12.2. The van der Waals surface area contributed by atoms with Crippen LogP contribution in [0, 0.1) is 19.1 Å². The van der Waals surface area contributed by atoms with Crippen molar-refractivity contribution in [2.75, 3.05) is 13.7 Å². The quantitative estimate of drug-likeness (QED) is 0.567. The van der Waals surface area contributed by atoms with Gasteiger partial charge in [0.05, 0.1) is 5.56 Å². The maximum absolute atomic E-state index is 12.2. The fourth-order valence-corrected chi connectivity index (χ4v) is 1.74. The lowest BCUT2D eigenvalue weighted by Crippen LogP contribution is -2.48. The van der Waals surface area contributed by atoms with Crippen LogP contribution in [0.4, 0.5) is 0 Å². The van der Waals surface area contributed by atoms with Crippen LogP contribution in [-0.2, 0) is 16.1 Å². The number of aromatic nitrogens is 1. The third-order valence-corrected chi connectivity index (χ3v) is 2.85. The molecule has 0 aromatic carbocycles. The molecule has 92 valence electrons. The molecule has 1 amide bonds. The average molecular weight is 238 g/mol. The Morgan fingerprint density at radius 1 is 1.65 bits per heavy atom. The molecule has 0 spiro atoms. The third-order valence-electron chi connectivity index (χ3n) is 2.85. The monoisotopic (exact) mass is 238 g/mol. The van der Waals surface area contributed by atoms with Gasteiger partial charge in [0.15, 0.2) is 13.2 Å². The second-order valence-electron chi connectivity index (χ2n) is 4.07. The van der Waals surface area contributed by atoms with E-state index in [4.69, 9.17) is 4.84 Å². The first-order chi connectivity index (χ1) is 7.98. The highest BCUT2D eigenvalue weighted by Crippen LogP contribution is 2.36. The van der Waals surface area contributed by atoms with Crippen LogP contribution >= 0.6 is 0 Å². The number of ether oxygens (including phenoxy) is 1. The molecule has 2 rings (SSSR count). The van der Waals surface area contributed by atoms with Gasteiger partial charge in [-0.2, -0.15) is 0 Å². The Kier molecular flexibility index (Phi) is 2.86. The molecule has 1 unspecified atom stereocenters. The van der Waals surface area contributed by atoms with Gasteiger partial charge in [0.1, 0.15) is 0 Å². The van der Waals surface area contributed by atoms with Crippen molar-refractivity contribution in [3.8, 4) is 5.75 Å². The van der Waals surface area contributed by atoms with E-state index in [1.807, 2.05) is 13.8 Å². The largest absolute Gasteiger partial charge is 0.581 e. The number of methoxy groups -OCH3 is 1. The van der Waals surface area contributed by atoms with E-state index in [2.05, 4.69) is 9.72 Å². The minimum absolute atomic E-state index is 0.0500. The van der Waals surface area contributed by atoms with Crippen molar-refractivity contribution >= 4 is 5.91 Å². The standard InChI is InChI=1S/C11H14N2O4/c1-7-8(2)12-4-9-5-13(15,17-11(7)9)10(14)6-16-3/h4H,5-6H2,1-3H3. The smallest absolute Gasteiger partial charge is 0.381 e. The number of carbonyl (C=O) groups excluding carboxylic acids is 1. The molecule has 0 saturated heterocycles. The number of carbonyl (C=O) groups is 1. The third kappa shape index (κ3) is 1.90. The first kappa shape index (κ1) is 12.0. The number of aryl methyl sites for hydroxylation is 1. The molecule has 0 saturated carbocycles. The van der Waals surface area contributed by atoms with Crippen LogP contribution in [0.3, 0.4) is 0 Å². The van der Waals surface area contributed by atoms with Gasteiger partial charge in [0, 0.05) is 24.6 Å². The molecular weight excluding hydrogens is 224 g/mol. The van der Waals surface area contributed by atoms with Crippen LogP contribution in [-0.4, -0.2) is 29.4 Å². The van der Waals surface area contributed by atoms with Crippen molar-refractivity contribution < 1.29 is 19.2 Å². The molecule has 0 aliphatic carbocycles. The van der Waals surface area contributed by atoms with Crippen LogP contribution in [0.2, 0.25) is 0 Å². The number of hydroxylamine groups is 4. The number of rotatable bonds is 2. The lowest BCUT2D eigenvalue weighted by molar-refractivity contribution is -0.976. The Hall–Kier alpha value is -1.50. The van der Waals surface area contributed by atoms with E-state index in [0.717, 1.165) is 11.3 Å². The van der Waals surface area contributed by atoms with E-state index >= 15 is 0 Å². The van der Waals surface area contributed by atoms with Crippen molar-refractivity contribution in [3.63, 3.8) is 0 Å². The highest BCUT2D eigenvalue weighted by atomic mass is 16.9. The van der Waals surface area contributed by atoms with Crippen LogP contribution in [0.5, 0.6) is 5.75 Å². The Morgan fingerprint density at radius 3 is 3.00 bits per heavy atom. The van der Waals surface area contributed by atoms with Crippen LogP contribution in [0.15, 0.2) is 6.20 Å². The van der Waals surface area contributed by atoms with E-state index in [1.165, 1.54) is 7.11 Å². The SMILES string of the molecule is COCC(=O)[N+]1([O-])Cc2cnc(C)c(C)c2O1. The fourth-order valence-electron chi connectivity index (χ4n) is 1.74. The number of nitrogens with zero attached hydrogens (tertiary/aromatic N) is 2. The molecular formula is C11H14N2O4. The van der Waals surface area contributed by atoms with Crippen molar-refractivity contribution in [1.82, 2.24) is 4.98 Å². The van der Waals surface area contributed by atoms with Crippen molar-refractivity contribution in [3.05, 3.63) is 28.2 Å². The summed E-state index contributed by atoms with van der Waals surface area (Å²) in [6, 6.07) is 0. The molecule has 17 heavy (non-hydrogen) atoms. The molecule has 6 heteroatoms. The van der Waals surface area contributed by atoms with E-state index < -0.39 is 10.7 Å². The molecule has 1 aliphatic rings. The Balaban J connectivity index is 2.32. The van der Waals surface area contributed by atoms with Gasteiger partial charge in [-0.1, -0.05) is 4.81 Å². The summed E-state index contributed by atoms with van der Waals surface area (Å²) in [7, 11) is 1.37. The number of fused-ring (bicyclic) bond motifs is 1. The van der Waals surface area contributed by atoms with Crippen molar-refractivity contribution in [2.45, 2.75) is 20.4 Å². The topological polar surface area (TPSA) is 71.5 Å². The van der Waals surface area contributed by atoms with Crippen molar-refractivity contribution in [1.29, 1.82) is 0 Å². The van der Waals surface area contributed by atoms with Crippen LogP contribution in [0.1, 0.15) is 16.8 Å². The van der Waals surface area contributed by atoms with E-state index in [1.54, 1.807) is 6.20 Å². The molecule has 1 atom stereocenters. The number of pyridine rings is 1. The Morgan fingerprint density at radius 2 is 2.35 bits per heavy atom. The lowest BCUT2D eigenvalue weighted by atomic mass is 10.1. The zero-order valence-corrected chi connectivity index (χ0v) is 10.0. The normalized spacial score (nSPS) is 22.1. The van der Waals surface area contributed by atoms with E-state index in [-0.39, 0.29) is 13.2 Å². The van der Waals surface area contributed by atoms with Crippen LogP contribution in [0.25, 0.3) is 0 Å². The number of quaternary nitrogens is 1. The summed E-state index contributed by atoms with van der Waals surface area (Å²) >= 11 is 0. The molecule has 2 heterocycles. The van der Waals surface area contributed by atoms with Gasteiger partial charge < -0.3 is 14.8 Å². The molecule has 1 aromatic heterocycles. The second kappa shape index (κ2) is 4.06. The summed E-state index contributed by atoms with van der Waals surface area (Å²) < 4.78 is 4.67. The van der Waals surface area contributed by atoms with E-state index in [0.29, 0.717) is 11.3 Å². The summed E-state index contributed by atoms with van der Waals surface area (Å²) in [6.45, 7) is 3.33. The molecule has 6 nitrogen and oxygen atoms in total. The maximum Gasteiger partial charge on any atom is 0.381 e. The molecule has 0 N–H and O–H groups in total. The Bertz CT molecular complexity index is 475. The predicted octanol–water partition coefficient (Wildman–Crippen LogP) is 0.993. The zero-order chi connectivity index (χ0) is 12.6. The van der Waals surface area contributed by atoms with Gasteiger partial charge in [-0.15, -0.1) is 0 Å².